The maximum atomic E-state index is 13.7. The summed E-state index contributed by atoms with van der Waals surface area (Å²) in [6.07, 6.45) is 0. The first kappa shape index (κ1) is 13.8. The van der Waals surface area contributed by atoms with Crippen molar-refractivity contribution in [2.75, 3.05) is 25.0 Å². The first-order valence-electron chi connectivity index (χ1n) is 6.55. The Morgan fingerprint density at radius 3 is 2.89 bits per heavy atom. The van der Waals surface area contributed by atoms with Gasteiger partial charge in [-0.2, -0.15) is 0 Å². The number of ether oxygens (including phenoxy) is 1. The van der Waals surface area contributed by atoms with Crippen molar-refractivity contribution in [1.29, 1.82) is 0 Å². The molecular weight excluding hydrogens is 247 g/mol. The highest BCUT2D eigenvalue weighted by atomic mass is 19.1. The van der Waals surface area contributed by atoms with Crippen LogP contribution < -0.4 is 15.4 Å². The summed E-state index contributed by atoms with van der Waals surface area (Å²) in [7, 11) is 0. The number of nitrogens with one attached hydrogen (secondary N) is 2. The zero-order valence-electron chi connectivity index (χ0n) is 11.2. The van der Waals surface area contributed by atoms with Crippen LogP contribution >= 0.6 is 0 Å². The molecular formula is C14H19FN2O2. The molecule has 0 aliphatic carbocycles. The number of rotatable bonds is 4. The van der Waals surface area contributed by atoms with E-state index >= 15 is 0 Å². The van der Waals surface area contributed by atoms with Crippen molar-refractivity contribution < 1.29 is 13.9 Å². The molecule has 2 atom stereocenters. The van der Waals surface area contributed by atoms with Gasteiger partial charge in [0.1, 0.15) is 0 Å². The second-order valence-electron chi connectivity index (χ2n) is 4.81. The Kier molecular flexibility index (Phi) is 4.37. The molecule has 0 spiro atoms. The number of carbonyl (C=O) groups is 1. The summed E-state index contributed by atoms with van der Waals surface area (Å²) in [6, 6.07) is 4.47. The van der Waals surface area contributed by atoms with Gasteiger partial charge in [-0.1, -0.05) is 6.92 Å². The maximum absolute atomic E-state index is 13.7. The van der Waals surface area contributed by atoms with Crippen molar-refractivity contribution in [2.24, 2.45) is 11.8 Å². The lowest BCUT2D eigenvalue weighted by Gasteiger charge is -2.14. The Bertz CT molecular complexity index is 465. The van der Waals surface area contributed by atoms with E-state index in [4.69, 9.17) is 4.74 Å². The van der Waals surface area contributed by atoms with E-state index in [0.29, 0.717) is 24.8 Å². The lowest BCUT2D eigenvalue weighted by Crippen LogP contribution is -2.27. The number of hydrogen-bond acceptors (Lipinski definition) is 3. The second-order valence-corrected chi connectivity index (χ2v) is 4.81. The maximum Gasteiger partial charge on any atom is 0.229 e. The molecule has 0 radical (unpaired) electrons. The van der Waals surface area contributed by atoms with E-state index in [9.17, 15) is 9.18 Å². The largest absolute Gasteiger partial charge is 0.491 e. The van der Waals surface area contributed by atoms with Crippen LogP contribution in [0.15, 0.2) is 18.2 Å². The fraction of sp³-hybridized carbons (Fsp3) is 0.500. The summed E-state index contributed by atoms with van der Waals surface area (Å²) < 4.78 is 18.8. The molecule has 1 aliphatic heterocycles. The van der Waals surface area contributed by atoms with Gasteiger partial charge >= 0.3 is 0 Å². The highest BCUT2D eigenvalue weighted by molar-refractivity contribution is 5.93. The van der Waals surface area contributed by atoms with Gasteiger partial charge in [-0.3, -0.25) is 4.79 Å². The molecule has 0 unspecified atom stereocenters. The number of amides is 1. The SMILES string of the molecule is CCOc1ccc(NC(=O)[C@@H]2CNC[C@H]2C)cc1F. The normalized spacial score (nSPS) is 22.3. The first-order chi connectivity index (χ1) is 9.11. The van der Waals surface area contributed by atoms with Crippen molar-refractivity contribution >= 4 is 11.6 Å². The highest BCUT2D eigenvalue weighted by Crippen LogP contribution is 2.23. The first-order valence-corrected chi connectivity index (χ1v) is 6.55. The Hall–Kier alpha value is -1.62. The average Bonchev–Trinajstić information content (AvgIpc) is 2.79. The van der Waals surface area contributed by atoms with Gasteiger partial charge in [0.25, 0.3) is 0 Å². The molecule has 1 saturated heterocycles. The number of anilines is 1. The van der Waals surface area contributed by atoms with E-state index in [-0.39, 0.29) is 17.6 Å². The molecule has 1 fully saturated rings. The molecule has 0 saturated carbocycles. The molecule has 2 N–H and O–H groups in total. The minimum Gasteiger partial charge on any atom is -0.491 e. The molecule has 0 bridgehead atoms. The molecule has 1 aromatic rings. The van der Waals surface area contributed by atoms with Crippen LogP contribution in [-0.4, -0.2) is 25.6 Å². The monoisotopic (exact) mass is 266 g/mol. The third-order valence-corrected chi connectivity index (χ3v) is 3.35. The summed E-state index contributed by atoms with van der Waals surface area (Å²) in [5.74, 6) is -0.0862. The Morgan fingerprint density at radius 2 is 2.32 bits per heavy atom. The van der Waals surface area contributed by atoms with Crippen molar-refractivity contribution in [1.82, 2.24) is 5.32 Å². The van der Waals surface area contributed by atoms with Gasteiger partial charge in [0.05, 0.1) is 12.5 Å². The fourth-order valence-electron chi connectivity index (χ4n) is 2.25. The lowest BCUT2D eigenvalue weighted by molar-refractivity contribution is -0.120. The van der Waals surface area contributed by atoms with Crippen LogP contribution in [0.25, 0.3) is 0 Å². The molecule has 0 aromatic heterocycles. The third-order valence-electron chi connectivity index (χ3n) is 3.35. The number of halogens is 1. The molecule has 19 heavy (non-hydrogen) atoms. The molecule has 2 rings (SSSR count). The Balaban J connectivity index is 2.03. The van der Waals surface area contributed by atoms with Gasteiger partial charge in [-0.15, -0.1) is 0 Å². The van der Waals surface area contributed by atoms with E-state index in [1.165, 1.54) is 12.1 Å². The summed E-state index contributed by atoms with van der Waals surface area (Å²) in [5, 5.41) is 5.92. The van der Waals surface area contributed by atoms with Crippen LogP contribution in [0.2, 0.25) is 0 Å². The molecule has 1 aliphatic rings. The van der Waals surface area contributed by atoms with Crippen LogP contribution in [0, 0.1) is 17.7 Å². The van der Waals surface area contributed by atoms with Gasteiger partial charge < -0.3 is 15.4 Å². The Labute approximate surface area is 112 Å². The average molecular weight is 266 g/mol. The topological polar surface area (TPSA) is 50.4 Å². The highest BCUT2D eigenvalue weighted by Gasteiger charge is 2.29. The van der Waals surface area contributed by atoms with Crippen LogP contribution in [0.3, 0.4) is 0 Å². The van der Waals surface area contributed by atoms with Gasteiger partial charge in [-0.05, 0) is 31.5 Å². The standard InChI is InChI=1S/C14H19FN2O2/c1-3-19-13-5-4-10(6-12(13)15)17-14(18)11-8-16-7-9(11)2/h4-6,9,11,16H,3,7-8H2,1-2H3,(H,17,18)/t9-,11-/m1/s1. The van der Waals surface area contributed by atoms with E-state index in [2.05, 4.69) is 10.6 Å². The quantitative estimate of drug-likeness (QED) is 0.876. The van der Waals surface area contributed by atoms with E-state index in [1.807, 2.05) is 6.92 Å². The lowest BCUT2D eigenvalue weighted by atomic mass is 9.97. The number of benzene rings is 1. The Morgan fingerprint density at radius 1 is 1.53 bits per heavy atom. The predicted molar refractivity (Wildman–Crippen MR) is 71.7 cm³/mol. The van der Waals surface area contributed by atoms with Gasteiger partial charge in [0.2, 0.25) is 5.91 Å². The van der Waals surface area contributed by atoms with Crippen LogP contribution in [0.4, 0.5) is 10.1 Å². The molecule has 1 amide bonds. The van der Waals surface area contributed by atoms with E-state index in [1.54, 1.807) is 13.0 Å². The fourth-order valence-corrected chi connectivity index (χ4v) is 2.25. The van der Waals surface area contributed by atoms with Crippen LogP contribution in [0.1, 0.15) is 13.8 Å². The van der Waals surface area contributed by atoms with Crippen molar-refractivity contribution in [3.63, 3.8) is 0 Å². The van der Waals surface area contributed by atoms with Crippen LogP contribution in [-0.2, 0) is 4.79 Å². The van der Waals surface area contributed by atoms with Crippen molar-refractivity contribution in [2.45, 2.75) is 13.8 Å². The third kappa shape index (κ3) is 3.23. The summed E-state index contributed by atoms with van der Waals surface area (Å²) in [4.78, 5) is 12.0. The molecule has 104 valence electrons. The predicted octanol–water partition coefficient (Wildman–Crippen LogP) is 2.02. The minimum absolute atomic E-state index is 0.0605. The zero-order chi connectivity index (χ0) is 13.8. The summed E-state index contributed by atoms with van der Waals surface area (Å²) in [6.45, 7) is 5.75. The smallest absolute Gasteiger partial charge is 0.229 e. The zero-order valence-corrected chi connectivity index (χ0v) is 11.2. The molecule has 1 heterocycles. The van der Waals surface area contributed by atoms with E-state index < -0.39 is 5.82 Å². The van der Waals surface area contributed by atoms with Gasteiger partial charge in [0.15, 0.2) is 11.6 Å². The van der Waals surface area contributed by atoms with Crippen molar-refractivity contribution in [3.05, 3.63) is 24.0 Å². The van der Waals surface area contributed by atoms with Gasteiger partial charge in [0, 0.05) is 18.3 Å². The minimum atomic E-state index is -0.461. The summed E-state index contributed by atoms with van der Waals surface area (Å²) in [5.41, 5.74) is 0.463. The molecule has 4 nitrogen and oxygen atoms in total. The van der Waals surface area contributed by atoms with Gasteiger partial charge in [-0.25, -0.2) is 4.39 Å². The molecule has 1 aromatic carbocycles. The van der Waals surface area contributed by atoms with E-state index in [0.717, 1.165) is 6.54 Å². The second kappa shape index (κ2) is 6.02. The number of hydrogen-bond donors (Lipinski definition) is 2. The number of carbonyl (C=O) groups excluding carboxylic acids is 1. The van der Waals surface area contributed by atoms with Crippen molar-refractivity contribution in [3.8, 4) is 5.75 Å². The van der Waals surface area contributed by atoms with Crippen LogP contribution in [0.5, 0.6) is 5.75 Å². The molecule has 5 heteroatoms. The summed E-state index contributed by atoms with van der Waals surface area (Å²) >= 11 is 0.